The molecule has 7 heteroatoms. The minimum atomic E-state index is 0.383. The van der Waals surface area contributed by atoms with E-state index in [1.807, 2.05) is 6.92 Å². The van der Waals surface area contributed by atoms with Gasteiger partial charge in [0, 0.05) is 39.3 Å². The van der Waals surface area contributed by atoms with Gasteiger partial charge in [0.1, 0.15) is 0 Å². The zero-order chi connectivity index (χ0) is 14.5. The van der Waals surface area contributed by atoms with Crippen molar-refractivity contribution in [3.8, 4) is 6.01 Å². The van der Waals surface area contributed by atoms with Gasteiger partial charge in [-0.3, -0.25) is 4.90 Å². The highest BCUT2D eigenvalue weighted by atomic mass is 16.5. The van der Waals surface area contributed by atoms with Crippen molar-refractivity contribution in [2.24, 2.45) is 0 Å². The molecule has 0 spiro atoms. The minimum absolute atomic E-state index is 0.383. The van der Waals surface area contributed by atoms with Gasteiger partial charge in [-0.15, -0.1) is 0 Å². The maximum Gasteiger partial charge on any atom is 0.323 e. The average Bonchev–Trinajstić information content (AvgIpc) is 2.47. The van der Waals surface area contributed by atoms with Gasteiger partial charge in [0.15, 0.2) is 0 Å². The third-order valence-electron chi connectivity index (χ3n) is 3.43. The van der Waals surface area contributed by atoms with Gasteiger partial charge in [0.2, 0.25) is 11.9 Å². The highest BCUT2D eigenvalue weighted by molar-refractivity contribution is 5.38. The summed E-state index contributed by atoms with van der Waals surface area (Å²) in [7, 11) is 1.80. The van der Waals surface area contributed by atoms with E-state index >= 15 is 0 Å². The number of aromatic nitrogens is 3. The van der Waals surface area contributed by atoms with Crippen LogP contribution in [0.5, 0.6) is 6.01 Å². The van der Waals surface area contributed by atoms with Crippen molar-refractivity contribution in [3.05, 3.63) is 0 Å². The van der Waals surface area contributed by atoms with Crippen molar-refractivity contribution in [1.82, 2.24) is 19.9 Å². The lowest BCUT2D eigenvalue weighted by molar-refractivity contribution is 0.208. The fourth-order valence-corrected chi connectivity index (χ4v) is 2.23. The van der Waals surface area contributed by atoms with E-state index < -0.39 is 0 Å². The van der Waals surface area contributed by atoms with E-state index in [2.05, 4.69) is 43.9 Å². The summed E-state index contributed by atoms with van der Waals surface area (Å²) in [6, 6.07) is 0.968. The average molecular weight is 280 g/mol. The number of hydrogen-bond acceptors (Lipinski definition) is 7. The Balaban J connectivity index is 2.10. The molecule has 2 heterocycles. The molecule has 0 amide bonds. The molecule has 1 fully saturated rings. The van der Waals surface area contributed by atoms with Crippen molar-refractivity contribution < 1.29 is 4.74 Å². The van der Waals surface area contributed by atoms with Gasteiger partial charge < -0.3 is 15.0 Å². The molecule has 1 aromatic rings. The van der Waals surface area contributed by atoms with E-state index in [-0.39, 0.29) is 0 Å². The molecule has 1 aliphatic rings. The van der Waals surface area contributed by atoms with Crippen LogP contribution in [0.4, 0.5) is 11.9 Å². The van der Waals surface area contributed by atoms with Crippen molar-refractivity contribution >= 4 is 11.9 Å². The van der Waals surface area contributed by atoms with Crippen LogP contribution in [0.15, 0.2) is 0 Å². The van der Waals surface area contributed by atoms with Crippen LogP contribution in [-0.2, 0) is 0 Å². The topological polar surface area (TPSA) is 66.4 Å². The lowest BCUT2D eigenvalue weighted by Gasteiger charge is -2.36. The summed E-state index contributed by atoms with van der Waals surface area (Å²) in [4.78, 5) is 17.6. The second kappa shape index (κ2) is 6.69. The molecule has 1 aliphatic heterocycles. The fourth-order valence-electron chi connectivity index (χ4n) is 2.23. The number of hydrogen-bond donors (Lipinski definition) is 1. The zero-order valence-corrected chi connectivity index (χ0v) is 12.8. The maximum absolute atomic E-state index is 5.40. The first-order valence-electron chi connectivity index (χ1n) is 7.19. The van der Waals surface area contributed by atoms with E-state index in [0.717, 1.165) is 26.2 Å². The van der Waals surface area contributed by atoms with Crippen LogP contribution in [0.1, 0.15) is 20.8 Å². The van der Waals surface area contributed by atoms with Crippen molar-refractivity contribution in [2.45, 2.75) is 26.8 Å². The van der Waals surface area contributed by atoms with Gasteiger partial charge in [0.05, 0.1) is 6.61 Å². The number of ether oxygens (including phenoxy) is 1. The molecular weight excluding hydrogens is 256 g/mol. The number of nitrogens with zero attached hydrogens (tertiary/aromatic N) is 5. The van der Waals surface area contributed by atoms with Crippen LogP contribution in [-0.4, -0.2) is 65.7 Å². The Kier molecular flexibility index (Phi) is 4.94. The first kappa shape index (κ1) is 14.8. The van der Waals surface area contributed by atoms with Gasteiger partial charge >= 0.3 is 6.01 Å². The molecule has 0 saturated carbocycles. The van der Waals surface area contributed by atoms with E-state index in [1.54, 1.807) is 7.05 Å². The summed E-state index contributed by atoms with van der Waals surface area (Å²) in [5, 5.41) is 2.95. The fraction of sp³-hybridized carbons (Fsp3) is 0.769. The second-order valence-corrected chi connectivity index (χ2v) is 5.04. The summed E-state index contributed by atoms with van der Waals surface area (Å²) in [6.07, 6.45) is 0. The quantitative estimate of drug-likeness (QED) is 0.857. The monoisotopic (exact) mass is 280 g/mol. The lowest BCUT2D eigenvalue weighted by Crippen LogP contribution is -2.49. The van der Waals surface area contributed by atoms with E-state index in [1.165, 1.54) is 0 Å². The third-order valence-corrected chi connectivity index (χ3v) is 3.43. The molecule has 2 rings (SSSR count). The molecule has 0 aromatic carbocycles. The normalized spacial score (nSPS) is 16.6. The summed E-state index contributed by atoms with van der Waals surface area (Å²) in [5.41, 5.74) is 0. The second-order valence-electron chi connectivity index (χ2n) is 5.04. The van der Waals surface area contributed by atoms with Crippen molar-refractivity contribution in [1.29, 1.82) is 0 Å². The van der Waals surface area contributed by atoms with Crippen molar-refractivity contribution in [2.75, 3.05) is 50.1 Å². The number of anilines is 2. The van der Waals surface area contributed by atoms with E-state index in [9.17, 15) is 0 Å². The van der Waals surface area contributed by atoms with Crippen molar-refractivity contribution in [3.63, 3.8) is 0 Å². The summed E-state index contributed by atoms with van der Waals surface area (Å²) in [6.45, 7) is 10.8. The molecule has 1 aromatic heterocycles. The number of nitrogens with one attached hydrogen (secondary N) is 1. The van der Waals surface area contributed by atoms with Crippen LogP contribution in [0.2, 0.25) is 0 Å². The van der Waals surface area contributed by atoms with Crippen LogP contribution in [0.25, 0.3) is 0 Å². The van der Waals surface area contributed by atoms with Gasteiger partial charge in [-0.05, 0) is 20.8 Å². The summed E-state index contributed by atoms with van der Waals surface area (Å²) < 4.78 is 5.40. The molecule has 112 valence electrons. The molecule has 0 bridgehead atoms. The minimum Gasteiger partial charge on any atom is -0.464 e. The largest absolute Gasteiger partial charge is 0.464 e. The van der Waals surface area contributed by atoms with E-state index in [4.69, 9.17) is 4.74 Å². The van der Waals surface area contributed by atoms with Gasteiger partial charge in [0.25, 0.3) is 0 Å². The lowest BCUT2D eigenvalue weighted by atomic mass is 10.2. The van der Waals surface area contributed by atoms with Crippen LogP contribution >= 0.6 is 0 Å². The van der Waals surface area contributed by atoms with Gasteiger partial charge in [-0.25, -0.2) is 0 Å². The molecule has 1 N–H and O–H groups in total. The van der Waals surface area contributed by atoms with Crippen LogP contribution < -0.4 is 15.0 Å². The standard InChI is InChI=1S/C13H24N6O/c1-5-20-13-16-11(14-4)15-12(17-13)19-8-6-18(7-9-19)10(2)3/h10H,5-9H2,1-4H3,(H,14,15,16,17). The first-order valence-corrected chi connectivity index (χ1v) is 7.19. The Labute approximate surface area is 120 Å². The molecule has 7 nitrogen and oxygen atoms in total. The smallest absolute Gasteiger partial charge is 0.323 e. The highest BCUT2D eigenvalue weighted by Crippen LogP contribution is 2.17. The summed E-state index contributed by atoms with van der Waals surface area (Å²) in [5.74, 6) is 1.24. The third kappa shape index (κ3) is 3.47. The Morgan fingerprint density at radius 3 is 2.40 bits per heavy atom. The molecule has 0 radical (unpaired) electrons. The predicted octanol–water partition coefficient (Wildman–Crippen LogP) is 0.842. The highest BCUT2D eigenvalue weighted by Gasteiger charge is 2.21. The molecule has 1 saturated heterocycles. The molecule has 0 atom stereocenters. The van der Waals surface area contributed by atoms with Crippen LogP contribution in [0, 0.1) is 0 Å². The molecule has 20 heavy (non-hydrogen) atoms. The Hall–Kier alpha value is -1.63. The SMILES string of the molecule is CCOc1nc(NC)nc(N2CCN(C(C)C)CC2)n1. The Bertz CT molecular complexity index is 431. The maximum atomic E-state index is 5.40. The molecular formula is C13H24N6O. The number of rotatable bonds is 5. The van der Waals surface area contributed by atoms with Gasteiger partial charge in [-0.2, -0.15) is 15.0 Å². The predicted molar refractivity (Wildman–Crippen MR) is 79.5 cm³/mol. The molecule has 0 unspecified atom stereocenters. The molecule has 0 aliphatic carbocycles. The number of piperazine rings is 1. The Morgan fingerprint density at radius 2 is 1.85 bits per heavy atom. The van der Waals surface area contributed by atoms with Gasteiger partial charge in [-0.1, -0.05) is 0 Å². The van der Waals surface area contributed by atoms with Crippen LogP contribution in [0.3, 0.4) is 0 Å². The summed E-state index contributed by atoms with van der Waals surface area (Å²) >= 11 is 0. The zero-order valence-electron chi connectivity index (χ0n) is 12.8. The van der Waals surface area contributed by atoms with E-state index in [0.29, 0.717) is 30.6 Å². The Morgan fingerprint density at radius 1 is 1.15 bits per heavy atom. The first-order chi connectivity index (χ1) is 9.63.